The Hall–Kier alpha value is -2.92. The second-order valence-corrected chi connectivity index (χ2v) is 9.14. The van der Waals surface area contributed by atoms with Crippen molar-refractivity contribution in [3.63, 3.8) is 0 Å². The number of amides is 2. The molecule has 3 rings (SSSR count). The Morgan fingerprint density at radius 3 is 2.53 bits per heavy atom. The topological polar surface area (TPSA) is 118 Å². The van der Waals surface area contributed by atoms with Crippen LogP contribution >= 0.6 is 0 Å². The number of benzene rings is 2. The zero-order chi connectivity index (χ0) is 23.7. The molecule has 2 amide bonds. The van der Waals surface area contributed by atoms with E-state index < -0.39 is 51.6 Å². The molecule has 2 atom stereocenters. The van der Waals surface area contributed by atoms with Gasteiger partial charge in [-0.3, -0.25) is 23.8 Å². The quantitative estimate of drug-likeness (QED) is 0.392. The molecule has 1 N–H and O–H groups in total. The molecule has 2 unspecified atom stereocenters. The maximum absolute atomic E-state index is 13.6. The van der Waals surface area contributed by atoms with Crippen LogP contribution in [0, 0.1) is 5.92 Å². The van der Waals surface area contributed by atoms with Gasteiger partial charge in [-0.2, -0.15) is 17.2 Å². The second kappa shape index (κ2) is 8.91. The highest BCUT2D eigenvalue weighted by molar-refractivity contribution is 7.86. The van der Waals surface area contributed by atoms with E-state index in [4.69, 9.17) is 4.55 Å². The van der Waals surface area contributed by atoms with E-state index in [-0.39, 0.29) is 19.4 Å². The fourth-order valence-corrected chi connectivity index (χ4v) is 3.98. The number of nitrogens with zero attached hydrogens (tertiary/aromatic N) is 1. The van der Waals surface area contributed by atoms with Crippen molar-refractivity contribution in [1.29, 1.82) is 0 Å². The molecule has 0 aliphatic carbocycles. The van der Waals surface area contributed by atoms with Crippen molar-refractivity contribution in [2.24, 2.45) is 5.92 Å². The SMILES string of the molecule is CC(OC(=O)CC1CCC(=O)N(C(=O)c2ccc3ccccc3c2)C1)C(F)(F)S(=O)(=O)O. The minimum absolute atomic E-state index is 0.0198. The van der Waals surface area contributed by atoms with E-state index in [9.17, 15) is 31.6 Å². The smallest absolute Gasteiger partial charge is 0.405 e. The lowest BCUT2D eigenvalue weighted by Crippen LogP contribution is -2.45. The zero-order valence-electron chi connectivity index (χ0n) is 17.0. The molecule has 1 fully saturated rings. The zero-order valence-corrected chi connectivity index (χ0v) is 17.8. The van der Waals surface area contributed by atoms with Crippen LogP contribution in [0.2, 0.25) is 0 Å². The molecule has 1 aliphatic rings. The lowest BCUT2D eigenvalue weighted by molar-refractivity contribution is -0.161. The summed E-state index contributed by atoms with van der Waals surface area (Å²) in [6.45, 7) is 0.536. The van der Waals surface area contributed by atoms with E-state index in [0.717, 1.165) is 15.7 Å². The Bertz CT molecular complexity index is 1170. The Kier molecular flexibility index (Phi) is 6.61. The molecule has 2 aromatic rings. The van der Waals surface area contributed by atoms with Crippen molar-refractivity contribution in [3.8, 4) is 0 Å². The lowest BCUT2D eigenvalue weighted by atomic mass is 9.93. The summed E-state index contributed by atoms with van der Waals surface area (Å²) in [4.78, 5) is 38.3. The van der Waals surface area contributed by atoms with Crippen molar-refractivity contribution in [1.82, 2.24) is 4.90 Å². The van der Waals surface area contributed by atoms with Crippen LogP contribution in [0.3, 0.4) is 0 Å². The predicted molar refractivity (Wildman–Crippen MR) is 109 cm³/mol. The fraction of sp³-hybridized carbons (Fsp3) is 0.381. The van der Waals surface area contributed by atoms with E-state index >= 15 is 0 Å². The number of ether oxygens (including phenoxy) is 1. The van der Waals surface area contributed by atoms with Gasteiger partial charge in [0, 0.05) is 18.5 Å². The minimum atomic E-state index is -5.76. The Morgan fingerprint density at radius 2 is 1.88 bits per heavy atom. The molecule has 11 heteroatoms. The van der Waals surface area contributed by atoms with Crippen molar-refractivity contribution in [3.05, 3.63) is 48.0 Å². The van der Waals surface area contributed by atoms with Crippen molar-refractivity contribution in [2.45, 2.75) is 37.5 Å². The summed E-state index contributed by atoms with van der Waals surface area (Å²) in [5, 5.41) is -2.93. The molecule has 1 heterocycles. The van der Waals surface area contributed by atoms with Crippen LogP contribution in [0.5, 0.6) is 0 Å². The van der Waals surface area contributed by atoms with Gasteiger partial charge < -0.3 is 4.74 Å². The Labute approximate surface area is 182 Å². The number of carbonyl (C=O) groups excluding carboxylic acids is 3. The molecule has 1 aliphatic heterocycles. The average molecular weight is 469 g/mol. The van der Waals surface area contributed by atoms with Gasteiger partial charge in [-0.05, 0) is 42.2 Å². The van der Waals surface area contributed by atoms with Gasteiger partial charge in [0.1, 0.15) is 0 Å². The van der Waals surface area contributed by atoms with E-state index in [2.05, 4.69) is 4.74 Å². The van der Waals surface area contributed by atoms with Gasteiger partial charge in [-0.15, -0.1) is 0 Å². The van der Waals surface area contributed by atoms with Crippen LogP contribution in [0.25, 0.3) is 10.8 Å². The first-order valence-electron chi connectivity index (χ1n) is 9.78. The molecular weight excluding hydrogens is 448 g/mol. The number of likely N-dealkylation sites (tertiary alicyclic amines) is 1. The molecule has 0 spiro atoms. The molecule has 1 saturated heterocycles. The number of fused-ring (bicyclic) bond motifs is 1. The number of esters is 1. The number of carbonyl (C=O) groups is 3. The maximum Gasteiger partial charge on any atom is 0.405 e. The monoisotopic (exact) mass is 469 g/mol. The first kappa shape index (κ1) is 23.7. The first-order chi connectivity index (χ1) is 14.9. The van der Waals surface area contributed by atoms with Crippen LogP contribution in [-0.4, -0.2) is 53.6 Å². The van der Waals surface area contributed by atoms with Crippen LogP contribution < -0.4 is 0 Å². The van der Waals surface area contributed by atoms with E-state index in [1.807, 2.05) is 24.3 Å². The predicted octanol–water partition coefficient (Wildman–Crippen LogP) is 3.02. The lowest BCUT2D eigenvalue weighted by Gasteiger charge is -2.31. The standard InChI is InChI=1S/C21H21F2NO7S/c1-13(21(22,23)32(28,29)30)31-19(26)10-14-6-9-18(25)24(12-14)20(27)17-8-7-15-4-2-3-5-16(15)11-17/h2-5,7-8,11,13-14H,6,9-10,12H2,1H3,(H,28,29,30). The highest BCUT2D eigenvalue weighted by atomic mass is 32.2. The van der Waals surface area contributed by atoms with Gasteiger partial charge in [0.25, 0.3) is 5.91 Å². The number of halogens is 2. The number of hydrogen-bond donors (Lipinski definition) is 1. The Morgan fingerprint density at radius 1 is 1.22 bits per heavy atom. The second-order valence-electron chi connectivity index (χ2n) is 7.65. The highest BCUT2D eigenvalue weighted by Crippen LogP contribution is 2.29. The van der Waals surface area contributed by atoms with Gasteiger partial charge in [0.2, 0.25) is 5.91 Å². The normalized spacial score (nSPS) is 18.4. The van der Waals surface area contributed by atoms with Crippen molar-refractivity contribution >= 4 is 38.7 Å². The summed E-state index contributed by atoms with van der Waals surface area (Å²) < 4.78 is 61.8. The minimum Gasteiger partial charge on any atom is -0.455 e. The van der Waals surface area contributed by atoms with E-state index in [1.54, 1.807) is 18.2 Å². The largest absolute Gasteiger partial charge is 0.455 e. The maximum atomic E-state index is 13.6. The van der Waals surface area contributed by atoms with Crippen LogP contribution in [0.4, 0.5) is 8.78 Å². The molecule has 0 saturated carbocycles. The third kappa shape index (κ3) is 4.94. The van der Waals surface area contributed by atoms with Crippen molar-refractivity contribution in [2.75, 3.05) is 6.54 Å². The van der Waals surface area contributed by atoms with Crippen molar-refractivity contribution < 1.29 is 40.9 Å². The number of hydrogen-bond acceptors (Lipinski definition) is 6. The summed E-state index contributed by atoms with van der Waals surface area (Å²) in [6, 6.07) is 12.4. The fourth-order valence-electron chi connectivity index (χ4n) is 3.51. The van der Waals surface area contributed by atoms with Gasteiger partial charge in [-0.1, -0.05) is 30.3 Å². The summed E-state index contributed by atoms with van der Waals surface area (Å²) >= 11 is 0. The summed E-state index contributed by atoms with van der Waals surface area (Å²) in [5.74, 6) is -2.63. The number of alkyl halides is 2. The van der Waals surface area contributed by atoms with Gasteiger partial charge in [0.15, 0.2) is 6.10 Å². The summed E-state index contributed by atoms with van der Waals surface area (Å²) in [6.07, 6.45) is -2.60. The van der Waals surface area contributed by atoms with Gasteiger partial charge in [-0.25, -0.2) is 0 Å². The van der Waals surface area contributed by atoms with Gasteiger partial charge >= 0.3 is 21.3 Å². The Balaban J connectivity index is 1.67. The van der Waals surface area contributed by atoms with E-state index in [0.29, 0.717) is 12.5 Å². The molecule has 172 valence electrons. The molecular formula is C21H21F2NO7S. The number of rotatable bonds is 6. The van der Waals surface area contributed by atoms with E-state index in [1.165, 1.54) is 0 Å². The van der Waals surface area contributed by atoms with Crippen LogP contribution in [0.15, 0.2) is 42.5 Å². The average Bonchev–Trinajstić information content (AvgIpc) is 2.73. The molecule has 8 nitrogen and oxygen atoms in total. The van der Waals surface area contributed by atoms with Crippen LogP contribution in [-0.2, 0) is 24.4 Å². The third-order valence-electron chi connectivity index (χ3n) is 5.33. The highest BCUT2D eigenvalue weighted by Gasteiger charge is 2.52. The molecule has 0 bridgehead atoms. The molecule has 2 aromatic carbocycles. The number of imide groups is 1. The van der Waals surface area contributed by atoms with Gasteiger partial charge in [0.05, 0.1) is 6.42 Å². The summed E-state index contributed by atoms with van der Waals surface area (Å²) in [7, 11) is -5.76. The molecule has 32 heavy (non-hydrogen) atoms. The third-order valence-corrected chi connectivity index (χ3v) is 6.35. The van der Waals surface area contributed by atoms with Crippen LogP contribution in [0.1, 0.15) is 36.5 Å². The molecule has 0 radical (unpaired) electrons. The molecule has 0 aromatic heterocycles. The summed E-state index contributed by atoms with van der Waals surface area (Å²) in [5.41, 5.74) is 0.293. The number of piperidine rings is 1. The first-order valence-corrected chi connectivity index (χ1v) is 11.2.